The number of amides is 2. The third kappa shape index (κ3) is 3.17. The van der Waals surface area contributed by atoms with Crippen molar-refractivity contribution in [2.75, 3.05) is 12.4 Å². The van der Waals surface area contributed by atoms with E-state index in [0.717, 1.165) is 32.1 Å². The van der Waals surface area contributed by atoms with E-state index in [0.29, 0.717) is 29.5 Å². The third-order valence-electron chi connectivity index (χ3n) is 6.34. The molecule has 4 fully saturated rings. The van der Waals surface area contributed by atoms with E-state index >= 15 is 0 Å². The van der Waals surface area contributed by atoms with Crippen molar-refractivity contribution in [2.24, 2.45) is 17.3 Å². The molecule has 0 radical (unpaired) electrons. The van der Waals surface area contributed by atoms with Crippen molar-refractivity contribution >= 4 is 17.5 Å². The van der Waals surface area contributed by atoms with Gasteiger partial charge >= 0.3 is 0 Å². The van der Waals surface area contributed by atoms with Crippen molar-refractivity contribution in [3.63, 3.8) is 0 Å². The Morgan fingerprint density at radius 3 is 2.32 bits per heavy atom. The van der Waals surface area contributed by atoms with Crippen LogP contribution in [0.3, 0.4) is 0 Å². The molecule has 1 aromatic rings. The summed E-state index contributed by atoms with van der Waals surface area (Å²) in [6.45, 7) is 0. The fourth-order valence-corrected chi connectivity index (χ4v) is 6.00. The Kier molecular flexibility index (Phi) is 3.87. The van der Waals surface area contributed by atoms with Crippen molar-refractivity contribution in [1.82, 2.24) is 5.32 Å². The van der Waals surface area contributed by atoms with Gasteiger partial charge in [-0.25, -0.2) is 0 Å². The van der Waals surface area contributed by atoms with Crippen LogP contribution < -0.4 is 10.6 Å². The highest BCUT2D eigenvalue weighted by Crippen LogP contribution is 2.62. The summed E-state index contributed by atoms with van der Waals surface area (Å²) in [6, 6.07) is 6.94. The summed E-state index contributed by atoms with van der Waals surface area (Å²) < 4.78 is 0. The lowest BCUT2D eigenvalue weighted by Crippen LogP contribution is -2.56. The van der Waals surface area contributed by atoms with Gasteiger partial charge in [0.05, 0.1) is 5.60 Å². The molecule has 4 aliphatic rings. The van der Waals surface area contributed by atoms with Gasteiger partial charge in [0.1, 0.15) is 0 Å². The Hall–Kier alpha value is -1.88. The highest BCUT2D eigenvalue weighted by molar-refractivity contribution is 5.95. The minimum absolute atomic E-state index is 0.0123. The number of carbonyl (C=O) groups excluding carboxylic acids is 2. The van der Waals surface area contributed by atoms with Gasteiger partial charge in [0.2, 0.25) is 5.91 Å². The number of nitrogens with one attached hydrogen (secondary N) is 2. The SMILES string of the molecule is CNC(=O)c1ccc(NC(=O)CC23CC4CC(CC(O)(C4)C2)C3)cc1. The van der Waals surface area contributed by atoms with Gasteiger partial charge in [-0.05, 0) is 80.0 Å². The first-order chi connectivity index (χ1) is 11.9. The molecule has 5 rings (SSSR count). The number of anilines is 1. The van der Waals surface area contributed by atoms with E-state index in [4.69, 9.17) is 0 Å². The van der Waals surface area contributed by atoms with Crippen LogP contribution in [0.2, 0.25) is 0 Å². The largest absolute Gasteiger partial charge is 0.390 e. The lowest BCUT2D eigenvalue weighted by Gasteiger charge is -2.60. The molecule has 2 amide bonds. The van der Waals surface area contributed by atoms with Gasteiger partial charge in [-0.1, -0.05) is 0 Å². The number of rotatable bonds is 4. The molecule has 4 aliphatic carbocycles. The van der Waals surface area contributed by atoms with E-state index in [9.17, 15) is 14.7 Å². The Balaban J connectivity index is 1.42. The van der Waals surface area contributed by atoms with Crippen LogP contribution in [0.1, 0.15) is 55.3 Å². The van der Waals surface area contributed by atoms with Crippen LogP contribution in [0.5, 0.6) is 0 Å². The lowest BCUT2D eigenvalue weighted by molar-refractivity contribution is -0.167. The van der Waals surface area contributed by atoms with E-state index in [1.165, 1.54) is 6.42 Å². The molecule has 0 spiro atoms. The maximum atomic E-state index is 12.6. The van der Waals surface area contributed by atoms with Gasteiger partial charge in [-0.3, -0.25) is 9.59 Å². The maximum absolute atomic E-state index is 12.6. The molecule has 3 N–H and O–H groups in total. The van der Waals surface area contributed by atoms with Crippen molar-refractivity contribution < 1.29 is 14.7 Å². The van der Waals surface area contributed by atoms with Crippen LogP contribution >= 0.6 is 0 Å². The predicted molar refractivity (Wildman–Crippen MR) is 95.1 cm³/mol. The van der Waals surface area contributed by atoms with Crippen LogP contribution in [-0.4, -0.2) is 29.6 Å². The zero-order valence-electron chi connectivity index (χ0n) is 14.7. The molecule has 0 aromatic heterocycles. The van der Waals surface area contributed by atoms with Gasteiger partial charge in [-0.15, -0.1) is 0 Å². The number of hydrogen-bond donors (Lipinski definition) is 3. The van der Waals surface area contributed by atoms with E-state index < -0.39 is 5.60 Å². The quantitative estimate of drug-likeness (QED) is 0.787. The van der Waals surface area contributed by atoms with Crippen LogP contribution in [0, 0.1) is 17.3 Å². The fourth-order valence-electron chi connectivity index (χ4n) is 6.00. The summed E-state index contributed by atoms with van der Waals surface area (Å²) >= 11 is 0. The highest BCUT2D eigenvalue weighted by Gasteiger charge is 2.57. The monoisotopic (exact) mass is 342 g/mol. The third-order valence-corrected chi connectivity index (χ3v) is 6.34. The smallest absolute Gasteiger partial charge is 0.251 e. The van der Waals surface area contributed by atoms with E-state index in [1.54, 1.807) is 31.3 Å². The average molecular weight is 342 g/mol. The van der Waals surface area contributed by atoms with Gasteiger partial charge in [0.15, 0.2) is 0 Å². The second kappa shape index (κ2) is 5.84. The first-order valence-electron chi connectivity index (χ1n) is 9.23. The van der Waals surface area contributed by atoms with Gasteiger partial charge < -0.3 is 15.7 Å². The summed E-state index contributed by atoms with van der Waals surface area (Å²) in [7, 11) is 1.59. The first kappa shape index (κ1) is 16.6. The lowest BCUT2D eigenvalue weighted by atomic mass is 9.47. The Bertz CT molecular complexity index is 683. The minimum atomic E-state index is -0.528. The summed E-state index contributed by atoms with van der Waals surface area (Å²) in [5.41, 5.74) is 0.731. The van der Waals surface area contributed by atoms with Crippen LogP contribution in [0.25, 0.3) is 0 Å². The van der Waals surface area contributed by atoms with Crippen molar-refractivity contribution in [3.05, 3.63) is 29.8 Å². The molecule has 5 nitrogen and oxygen atoms in total. The average Bonchev–Trinajstić information content (AvgIpc) is 2.51. The van der Waals surface area contributed by atoms with Crippen LogP contribution in [-0.2, 0) is 4.79 Å². The summed E-state index contributed by atoms with van der Waals surface area (Å²) in [5, 5.41) is 16.3. The van der Waals surface area contributed by atoms with Crippen LogP contribution in [0.4, 0.5) is 5.69 Å². The summed E-state index contributed by atoms with van der Waals surface area (Å²) in [6.07, 6.45) is 6.49. The molecule has 2 atom stereocenters. The second-order valence-corrected chi connectivity index (χ2v) is 8.57. The maximum Gasteiger partial charge on any atom is 0.251 e. The minimum Gasteiger partial charge on any atom is -0.390 e. The van der Waals surface area contributed by atoms with Crippen molar-refractivity contribution in [3.8, 4) is 0 Å². The normalized spacial score (nSPS) is 35.4. The second-order valence-electron chi connectivity index (χ2n) is 8.57. The fraction of sp³-hybridized carbons (Fsp3) is 0.600. The van der Waals surface area contributed by atoms with Gasteiger partial charge in [0.25, 0.3) is 5.91 Å². The Morgan fingerprint density at radius 2 is 1.76 bits per heavy atom. The summed E-state index contributed by atoms with van der Waals surface area (Å²) in [5.74, 6) is 1.05. The molecule has 2 unspecified atom stereocenters. The molecule has 134 valence electrons. The number of benzene rings is 1. The molecule has 4 bridgehead atoms. The molecular formula is C20H26N2O3. The Labute approximate surface area is 148 Å². The van der Waals surface area contributed by atoms with Crippen molar-refractivity contribution in [1.29, 1.82) is 0 Å². The Morgan fingerprint density at radius 1 is 1.12 bits per heavy atom. The number of aliphatic hydroxyl groups is 1. The van der Waals surface area contributed by atoms with E-state index in [1.807, 2.05) is 0 Å². The van der Waals surface area contributed by atoms with Gasteiger partial charge in [0, 0.05) is 24.7 Å². The van der Waals surface area contributed by atoms with E-state index in [2.05, 4.69) is 10.6 Å². The molecule has 0 aliphatic heterocycles. The number of hydrogen-bond acceptors (Lipinski definition) is 3. The van der Waals surface area contributed by atoms with Crippen molar-refractivity contribution in [2.45, 2.75) is 50.5 Å². The van der Waals surface area contributed by atoms with E-state index in [-0.39, 0.29) is 17.2 Å². The molecule has 1 aromatic carbocycles. The first-order valence-corrected chi connectivity index (χ1v) is 9.23. The highest BCUT2D eigenvalue weighted by atomic mass is 16.3. The topological polar surface area (TPSA) is 78.4 Å². The summed E-state index contributed by atoms with van der Waals surface area (Å²) in [4.78, 5) is 24.2. The molecular weight excluding hydrogens is 316 g/mol. The predicted octanol–water partition coefficient (Wildman–Crippen LogP) is 2.71. The number of carbonyl (C=O) groups is 2. The molecule has 4 saturated carbocycles. The molecule has 0 saturated heterocycles. The molecule has 0 heterocycles. The van der Waals surface area contributed by atoms with Gasteiger partial charge in [-0.2, -0.15) is 0 Å². The molecule has 5 heteroatoms. The zero-order valence-corrected chi connectivity index (χ0v) is 14.7. The van der Waals surface area contributed by atoms with Crippen LogP contribution in [0.15, 0.2) is 24.3 Å². The standard InChI is InChI=1S/C20H26N2O3/c1-21-18(24)15-2-4-16(5-3-15)22-17(23)11-19-7-13-6-14(8-19)10-20(25,9-13)12-19/h2-5,13-14,25H,6-12H2,1H3,(H,21,24)(H,22,23). The zero-order chi connectivity index (χ0) is 17.7. The molecule has 25 heavy (non-hydrogen) atoms.